The van der Waals surface area contributed by atoms with Gasteiger partial charge in [-0.3, -0.25) is 5.73 Å². The molecule has 2 nitrogen and oxygen atoms in total. The van der Waals surface area contributed by atoms with Crippen LogP contribution in [0.3, 0.4) is 0 Å². The molecule has 1 aromatic heterocycles. The molecule has 1 heterocycles. The first-order valence-electron chi connectivity index (χ1n) is 2.77. The number of halogens is 1. The molecule has 0 aliphatic rings. The number of hydrogen-bond acceptors (Lipinski definition) is 3. The van der Waals surface area contributed by atoms with E-state index in [0.717, 1.165) is 4.88 Å². The third-order valence-electron chi connectivity index (χ3n) is 1.09. The van der Waals surface area contributed by atoms with Crippen molar-refractivity contribution in [1.29, 1.82) is 0 Å². The van der Waals surface area contributed by atoms with Crippen LogP contribution < -0.4 is 5.73 Å². The van der Waals surface area contributed by atoms with Gasteiger partial charge in [0.25, 0.3) is 0 Å². The molecule has 0 aromatic carbocycles. The molecule has 0 aliphatic carbocycles. The second-order valence-electron chi connectivity index (χ2n) is 2.08. The van der Waals surface area contributed by atoms with Gasteiger partial charge in [-0.1, -0.05) is 11.6 Å². The van der Waals surface area contributed by atoms with Gasteiger partial charge in [0.1, 0.15) is 0 Å². The molecule has 0 aliphatic heterocycles. The van der Waals surface area contributed by atoms with Gasteiger partial charge in [0, 0.05) is 4.88 Å². The Balaban J connectivity index is 2.96. The summed E-state index contributed by atoms with van der Waals surface area (Å²) in [5.74, 6) is 0. The highest BCUT2D eigenvalue weighted by molar-refractivity contribution is 7.12. The van der Waals surface area contributed by atoms with Crippen molar-refractivity contribution >= 4 is 22.9 Å². The quantitative estimate of drug-likeness (QED) is 0.387. The van der Waals surface area contributed by atoms with Crippen LogP contribution in [0.2, 0.25) is 0 Å². The fraction of sp³-hybridized carbons (Fsp3) is 0.333. The molecule has 1 unspecified atom stereocenters. The normalized spacial score (nSPS) is 16.8. The van der Waals surface area contributed by atoms with E-state index in [-0.39, 0.29) is 0 Å². The fourth-order valence-corrected chi connectivity index (χ4v) is 1.56. The molecule has 0 saturated carbocycles. The molecule has 1 aromatic rings. The van der Waals surface area contributed by atoms with Gasteiger partial charge in [-0.2, -0.15) is 0 Å². The molecule has 1 rings (SSSR count). The number of thiophene rings is 1. The third kappa shape index (κ3) is 1.70. The highest BCUT2D eigenvalue weighted by atomic mass is 35.5. The molecule has 0 saturated heterocycles. The monoisotopic (exact) mass is 177 g/mol. The van der Waals surface area contributed by atoms with Crippen LogP contribution in [0.25, 0.3) is 0 Å². The first-order valence-corrected chi connectivity index (χ1v) is 3.96. The highest BCUT2D eigenvalue weighted by Gasteiger charge is 2.20. The lowest BCUT2D eigenvalue weighted by Gasteiger charge is -2.10. The summed E-state index contributed by atoms with van der Waals surface area (Å²) in [6.07, 6.45) is 0. The van der Waals surface area contributed by atoms with Crippen LogP contribution in [0.5, 0.6) is 0 Å². The average molecular weight is 178 g/mol. The van der Waals surface area contributed by atoms with E-state index in [1.165, 1.54) is 11.3 Å². The topological polar surface area (TPSA) is 46.2 Å². The van der Waals surface area contributed by atoms with Crippen molar-refractivity contribution < 1.29 is 5.11 Å². The Morgan fingerprint density at radius 2 is 2.30 bits per heavy atom. The Labute approximate surface area is 68.2 Å². The van der Waals surface area contributed by atoms with Crippen LogP contribution in [0, 0.1) is 6.92 Å². The molecule has 10 heavy (non-hydrogen) atoms. The molecule has 1 atom stereocenters. The maximum atomic E-state index is 9.06. The summed E-state index contributed by atoms with van der Waals surface area (Å²) >= 11 is 6.80. The Hall–Kier alpha value is -0.0900. The Morgan fingerprint density at radius 1 is 1.70 bits per heavy atom. The second kappa shape index (κ2) is 2.51. The zero-order chi connectivity index (χ0) is 7.78. The van der Waals surface area contributed by atoms with Gasteiger partial charge >= 0.3 is 0 Å². The summed E-state index contributed by atoms with van der Waals surface area (Å²) < 4.78 is 0. The molecular weight excluding hydrogens is 170 g/mol. The van der Waals surface area contributed by atoms with Crippen LogP contribution >= 0.6 is 22.9 Å². The van der Waals surface area contributed by atoms with E-state index in [9.17, 15) is 0 Å². The van der Waals surface area contributed by atoms with E-state index in [4.69, 9.17) is 22.4 Å². The highest BCUT2D eigenvalue weighted by Crippen LogP contribution is 2.26. The summed E-state index contributed by atoms with van der Waals surface area (Å²) in [5.41, 5.74) is 5.20. The van der Waals surface area contributed by atoms with Crippen LogP contribution in [-0.2, 0) is 5.18 Å². The molecule has 0 fully saturated rings. The summed E-state index contributed by atoms with van der Waals surface area (Å²) in [6.45, 7) is 1.93. The standard InChI is InChI=1S/C6H8ClNOS/c1-4-2-3-5(10-4)6(7,8)9/h2-3,9H,8H2,1H3. The van der Waals surface area contributed by atoms with Gasteiger partial charge < -0.3 is 5.11 Å². The maximum absolute atomic E-state index is 9.06. The zero-order valence-electron chi connectivity index (χ0n) is 5.47. The zero-order valence-corrected chi connectivity index (χ0v) is 7.04. The van der Waals surface area contributed by atoms with E-state index in [2.05, 4.69) is 0 Å². The van der Waals surface area contributed by atoms with E-state index in [1.807, 2.05) is 13.0 Å². The van der Waals surface area contributed by atoms with Crippen LogP contribution in [0.4, 0.5) is 0 Å². The van der Waals surface area contributed by atoms with Crippen LogP contribution in [0.1, 0.15) is 9.75 Å². The summed E-state index contributed by atoms with van der Waals surface area (Å²) in [4.78, 5) is 1.66. The van der Waals surface area contributed by atoms with E-state index >= 15 is 0 Å². The molecule has 0 spiro atoms. The number of rotatable bonds is 1. The van der Waals surface area contributed by atoms with Crippen molar-refractivity contribution in [1.82, 2.24) is 0 Å². The molecule has 3 N–H and O–H groups in total. The number of alkyl halides is 1. The number of hydrogen-bond donors (Lipinski definition) is 2. The first kappa shape index (κ1) is 8.01. The largest absolute Gasteiger partial charge is 0.359 e. The van der Waals surface area contributed by atoms with E-state index in [1.54, 1.807) is 6.07 Å². The van der Waals surface area contributed by atoms with Gasteiger partial charge in [-0.25, -0.2) is 0 Å². The third-order valence-corrected chi connectivity index (χ3v) is 2.53. The minimum atomic E-state index is -1.70. The van der Waals surface area contributed by atoms with Crippen molar-refractivity contribution in [2.45, 2.75) is 12.1 Å². The Bertz CT molecular complexity index is 228. The van der Waals surface area contributed by atoms with Crippen LogP contribution in [-0.4, -0.2) is 5.11 Å². The first-order chi connectivity index (χ1) is 4.50. The molecule has 4 heteroatoms. The minimum absolute atomic E-state index is 0.576. The van der Waals surface area contributed by atoms with Gasteiger partial charge in [-0.05, 0) is 19.1 Å². The summed E-state index contributed by atoms with van der Waals surface area (Å²) in [6, 6.07) is 3.58. The Morgan fingerprint density at radius 3 is 2.50 bits per heavy atom. The number of aliphatic hydroxyl groups is 1. The van der Waals surface area contributed by atoms with Gasteiger partial charge in [0.2, 0.25) is 5.18 Å². The number of aryl methyl sites for hydroxylation is 1. The Kier molecular flexibility index (Phi) is 2.01. The average Bonchev–Trinajstić information content (AvgIpc) is 2.11. The lowest BCUT2D eigenvalue weighted by Crippen LogP contribution is -2.27. The van der Waals surface area contributed by atoms with Crippen LogP contribution in [0.15, 0.2) is 12.1 Å². The van der Waals surface area contributed by atoms with Crippen molar-refractivity contribution in [3.8, 4) is 0 Å². The van der Waals surface area contributed by atoms with Gasteiger partial charge in [0.05, 0.1) is 4.88 Å². The lowest BCUT2D eigenvalue weighted by atomic mass is 10.4. The molecule has 0 radical (unpaired) electrons. The van der Waals surface area contributed by atoms with Crippen molar-refractivity contribution in [2.75, 3.05) is 0 Å². The smallest absolute Gasteiger partial charge is 0.227 e. The van der Waals surface area contributed by atoms with Gasteiger partial charge in [0.15, 0.2) is 0 Å². The number of nitrogens with two attached hydrogens (primary N) is 1. The maximum Gasteiger partial charge on any atom is 0.227 e. The fourth-order valence-electron chi connectivity index (χ4n) is 0.623. The summed E-state index contributed by atoms with van der Waals surface area (Å²) in [5, 5.41) is 7.36. The molecular formula is C6H8ClNOS. The van der Waals surface area contributed by atoms with E-state index in [0.29, 0.717) is 4.88 Å². The van der Waals surface area contributed by atoms with Crippen molar-refractivity contribution in [3.05, 3.63) is 21.9 Å². The predicted octanol–water partition coefficient (Wildman–Crippen LogP) is 1.36. The summed E-state index contributed by atoms with van der Waals surface area (Å²) in [7, 11) is 0. The predicted molar refractivity (Wildman–Crippen MR) is 43.0 cm³/mol. The molecule has 0 amide bonds. The molecule has 56 valence electrons. The SMILES string of the molecule is Cc1ccc(C(N)(O)Cl)s1. The van der Waals surface area contributed by atoms with Crippen molar-refractivity contribution in [3.63, 3.8) is 0 Å². The van der Waals surface area contributed by atoms with Crippen molar-refractivity contribution in [2.24, 2.45) is 5.73 Å². The minimum Gasteiger partial charge on any atom is -0.359 e. The second-order valence-corrected chi connectivity index (χ2v) is 3.95. The van der Waals surface area contributed by atoms with E-state index < -0.39 is 5.18 Å². The molecule has 0 bridgehead atoms. The lowest BCUT2D eigenvalue weighted by molar-refractivity contribution is 0.141. The van der Waals surface area contributed by atoms with Gasteiger partial charge in [-0.15, -0.1) is 11.3 Å².